The fourth-order valence-electron chi connectivity index (χ4n) is 5.58. The van der Waals surface area contributed by atoms with E-state index in [-0.39, 0.29) is 5.54 Å². The summed E-state index contributed by atoms with van der Waals surface area (Å²) in [6, 6.07) is 22.1. The Labute approximate surface area is 176 Å². The van der Waals surface area contributed by atoms with Gasteiger partial charge in [-0.25, -0.2) is 0 Å². The number of anilines is 1. The average Bonchev–Trinajstić information content (AvgIpc) is 3.31. The molecule has 0 aromatic heterocycles. The van der Waals surface area contributed by atoms with Gasteiger partial charge in [0.05, 0.1) is 5.54 Å². The number of allylic oxidation sites excluding steroid dienone is 2. The molecule has 0 bridgehead atoms. The van der Waals surface area contributed by atoms with Crippen LogP contribution < -0.4 is 5.32 Å². The predicted octanol–water partition coefficient (Wildman–Crippen LogP) is 8.02. The van der Waals surface area contributed by atoms with Crippen molar-refractivity contribution in [2.75, 3.05) is 5.32 Å². The van der Waals surface area contributed by atoms with E-state index in [2.05, 4.69) is 85.9 Å². The molecule has 0 spiro atoms. The highest BCUT2D eigenvalue weighted by molar-refractivity contribution is 5.85. The summed E-state index contributed by atoms with van der Waals surface area (Å²) in [6.07, 6.45) is 12.4. The van der Waals surface area contributed by atoms with E-state index >= 15 is 0 Å². The first kappa shape index (κ1) is 20.0. The standard InChI is InChI=1S/C28H35N/c1-3-5-17-24(13-4-2)28(29-25-18-10-7-11-19-25)21-23-16-12-20-26(23)27(28)22-14-8-6-9-15-22/h6-11,14-15,17-19,23,29H,3-5,12-13,16,20-21H2,1-2H3/t23-,28-/m1/s1. The van der Waals surface area contributed by atoms with Gasteiger partial charge in [0, 0.05) is 5.69 Å². The first-order valence-corrected chi connectivity index (χ1v) is 11.6. The molecule has 2 aliphatic rings. The van der Waals surface area contributed by atoms with E-state index in [9.17, 15) is 0 Å². The molecule has 0 heterocycles. The predicted molar refractivity (Wildman–Crippen MR) is 126 cm³/mol. The summed E-state index contributed by atoms with van der Waals surface area (Å²) in [5.41, 5.74) is 7.48. The topological polar surface area (TPSA) is 12.0 Å². The number of hydrogen-bond acceptors (Lipinski definition) is 1. The zero-order valence-electron chi connectivity index (χ0n) is 18.1. The molecule has 1 nitrogen and oxygen atoms in total. The maximum absolute atomic E-state index is 4.10. The quantitative estimate of drug-likeness (QED) is 0.454. The van der Waals surface area contributed by atoms with Gasteiger partial charge in [-0.05, 0) is 73.3 Å². The largest absolute Gasteiger partial charge is 0.372 e. The van der Waals surface area contributed by atoms with E-state index in [1.54, 1.807) is 16.7 Å². The van der Waals surface area contributed by atoms with Crippen LogP contribution in [0.3, 0.4) is 0 Å². The lowest BCUT2D eigenvalue weighted by atomic mass is 9.76. The molecule has 152 valence electrons. The van der Waals surface area contributed by atoms with E-state index in [0.717, 1.165) is 18.8 Å². The normalized spacial score (nSPS) is 24.1. The van der Waals surface area contributed by atoms with Crippen molar-refractivity contribution < 1.29 is 0 Å². The number of fused-ring (bicyclic) bond motifs is 1. The van der Waals surface area contributed by atoms with Crippen molar-refractivity contribution in [3.63, 3.8) is 0 Å². The van der Waals surface area contributed by atoms with Gasteiger partial charge in [0.2, 0.25) is 0 Å². The van der Waals surface area contributed by atoms with Gasteiger partial charge in [-0.2, -0.15) is 0 Å². The molecule has 0 amide bonds. The van der Waals surface area contributed by atoms with Crippen LogP contribution in [0.1, 0.15) is 70.8 Å². The summed E-state index contributed by atoms with van der Waals surface area (Å²) >= 11 is 0. The van der Waals surface area contributed by atoms with Gasteiger partial charge in [-0.15, -0.1) is 0 Å². The third kappa shape index (κ3) is 3.92. The van der Waals surface area contributed by atoms with Crippen LogP contribution in [0.5, 0.6) is 0 Å². The Kier molecular flexibility index (Phi) is 6.23. The summed E-state index contributed by atoms with van der Waals surface area (Å²) in [5, 5.41) is 4.10. The lowest BCUT2D eigenvalue weighted by Crippen LogP contribution is -2.40. The molecule has 1 saturated carbocycles. The molecule has 2 atom stereocenters. The highest BCUT2D eigenvalue weighted by Gasteiger charge is 2.49. The zero-order chi connectivity index (χ0) is 20.1. The summed E-state index contributed by atoms with van der Waals surface area (Å²) in [6.45, 7) is 4.61. The summed E-state index contributed by atoms with van der Waals surface area (Å²) in [5.74, 6) is 0.725. The van der Waals surface area contributed by atoms with Gasteiger partial charge in [-0.3, -0.25) is 0 Å². The zero-order valence-corrected chi connectivity index (χ0v) is 18.1. The number of unbranched alkanes of at least 4 members (excludes halogenated alkanes) is 1. The Morgan fingerprint density at radius 3 is 2.41 bits per heavy atom. The Bertz CT molecular complexity index is 862. The van der Waals surface area contributed by atoms with Gasteiger partial charge in [0.25, 0.3) is 0 Å². The number of nitrogens with one attached hydrogen (secondary N) is 1. The molecule has 1 fully saturated rings. The van der Waals surface area contributed by atoms with E-state index in [1.807, 2.05) is 0 Å². The molecule has 2 aromatic carbocycles. The van der Waals surface area contributed by atoms with Crippen molar-refractivity contribution in [3.05, 3.63) is 83.4 Å². The molecule has 1 N–H and O–H groups in total. The van der Waals surface area contributed by atoms with Crippen LogP contribution in [-0.2, 0) is 0 Å². The molecule has 2 aliphatic carbocycles. The number of hydrogen-bond donors (Lipinski definition) is 1. The lowest BCUT2D eigenvalue weighted by Gasteiger charge is -2.39. The van der Waals surface area contributed by atoms with Crippen LogP contribution in [0, 0.1) is 5.92 Å². The average molecular weight is 386 g/mol. The third-order valence-electron chi connectivity index (χ3n) is 6.73. The van der Waals surface area contributed by atoms with Crippen molar-refractivity contribution in [3.8, 4) is 0 Å². The monoisotopic (exact) mass is 385 g/mol. The van der Waals surface area contributed by atoms with Crippen LogP contribution in [0.25, 0.3) is 5.57 Å². The van der Waals surface area contributed by atoms with Gasteiger partial charge < -0.3 is 5.32 Å². The van der Waals surface area contributed by atoms with E-state index in [4.69, 9.17) is 0 Å². The van der Waals surface area contributed by atoms with Gasteiger partial charge in [0.15, 0.2) is 0 Å². The molecule has 4 rings (SSSR count). The highest BCUT2D eigenvalue weighted by Crippen LogP contribution is 2.56. The molecule has 2 aromatic rings. The van der Waals surface area contributed by atoms with Crippen molar-refractivity contribution in [2.24, 2.45) is 5.92 Å². The second-order valence-electron chi connectivity index (χ2n) is 8.72. The smallest absolute Gasteiger partial charge is 0.0850 e. The minimum Gasteiger partial charge on any atom is -0.372 e. The minimum atomic E-state index is -0.0751. The Morgan fingerprint density at radius 2 is 1.72 bits per heavy atom. The van der Waals surface area contributed by atoms with Crippen molar-refractivity contribution in [1.82, 2.24) is 0 Å². The van der Waals surface area contributed by atoms with Crippen molar-refractivity contribution in [2.45, 2.75) is 70.8 Å². The molecule has 1 heteroatoms. The fourth-order valence-corrected chi connectivity index (χ4v) is 5.58. The van der Waals surface area contributed by atoms with Crippen LogP contribution in [0.15, 0.2) is 77.9 Å². The van der Waals surface area contributed by atoms with Crippen LogP contribution in [-0.4, -0.2) is 5.54 Å². The maximum Gasteiger partial charge on any atom is 0.0850 e. The SMILES string of the molecule is CCCC=C(CCC)[C@]1(Nc2ccccc2)C[C@H]2CCCC2=C1c1ccccc1. The first-order chi connectivity index (χ1) is 14.3. The minimum absolute atomic E-state index is 0.0751. The lowest BCUT2D eigenvalue weighted by molar-refractivity contribution is 0.509. The van der Waals surface area contributed by atoms with Crippen molar-refractivity contribution in [1.29, 1.82) is 0 Å². The summed E-state index contributed by atoms with van der Waals surface area (Å²) < 4.78 is 0. The summed E-state index contributed by atoms with van der Waals surface area (Å²) in [7, 11) is 0. The third-order valence-corrected chi connectivity index (χ3v) is 6.73. The number of rotatable bonds is 8. The molecular formula is C28H35N. The van der Waals surface area contributed by atoms with Crippen molar-refractivity contribution >= 4 is 11.3 Å². The molecule has 29 heavy (non-hydrogen) atoms. The number of benzene rings is 2. The fraction of sp³-hybridized carbons (Fsp3) is 0.429. The van der Waals surface area contributed by atoms with Gasteiger partial charge >= 0.3 is 0 Å². The molecule has 0 radical (unpaired) electrons. The van der Waals surface area contributed by atoms with E-state index in [0.29, 0.717) is 0 Å². The Balaban J connectivity index is 1.90. The van der Waals surface area contributed by atoms with Crippen LogP contribution in [0.4, 0.5) is 5.69 Å². The molecule has 0 aliphatic heterocycles. The Hall–Kier alpha value is -2.28. The second kappa shape index (κ2) is 9.03. The molecular weight excluding hydrogens is 350 g/mol. The van der Waals surface area contributed by atoms with E-state index in [1.165, 1.54) is 49.8 Å². The Morgan fingerprint density at radius 1 is 1.00 bits per heavy atom. The highest BCUT2D eigenvalue weighted by atomic mass is 15.0. The first-order valence-electron chi connectivity index (χ1n) is 11.6. The molecule has 0 unspecified atom stereocenters. The number of para-hydroxylation sites is 1. The van der Waals surface area contributed by atoms with Gasteiger partial charge in [0.1, 0.15) is 0 Å². The maximum atomic E-state index is 4.10. The van der Waals surface area contributed by atoms with Gasteiger partial charge in [-0.1, -0.05) is 86.9 Å². The van der Waals surface area contributed by atoms with Crippen LogP contribution >= 0.6 is 0 Å². The summed E-state index contributed by atoms with van der Waals surface area (Å²) in [4.78, 5) is 0. The molecule has 0 saturated heterocycles. The second-order valence-corrected chi connectivity index (χ2v) is 8.72. The van der Waals surface area contributed by atoms with Crippen LogP contribution in [0.2, 0.25) is 0 Å². The van der Waals surface area contributed by atoms with E-state index < -0.39 is 0 Å².